The highest BCUT2D eigenvalue weighted by Gasteiger charge is 2.31. The standard InChI is InChI=1S/C20H13F2N3O2S/c21-14-5-6-17(15(22)9-14)25-8-7-16-18(19(25)26)28-20(24-16)27-11-13-4-2-1-3-12(13)10-23/h1-6,9H,7-8,11H2. The van der Waals surface area contributed by atoms with Crippen LogP contribution in [0.4, 0.5) is 14.5 Å². The van der Waals surface area contributed by atoms with Crippen molar-refractivity contribution in [1.29, 1.82) is 5.26 Å². The lowest BCUT2D eigenvalue weighted by Gasteiger charge is -2.26. The lowest BCUT2D eigenvalue weighted by atomic mass is 10.1. The van der Waals surface area contributed by atoms with Crippen LogP contribution in [-0.4, -0.2) is 17.4 Å². The molecule has 8 heteroatoms. The molecule has 0 atom stereocenters. The first kappa shape index (κ1) is 18.1. The summed E-state index contributed by atoms with van der Waals surface area (Å²) in [4.78, 5) is 18.8. The third-order valence-corrected chi connectivity index (χ3v) is 5.38. The summed E-state index contributed by atoms with van der Waals surface area (Å²) >= 11 is 1.08. The zero-order chi connectivity index (χ0) is 19.7. The Balaban J connectivity index is 1.54. The van der Waals surface area contributed by atoms with E-state index in [1.165, 1.54) is 11.0 Å². The summed E-state index contributed by atoms with van der Waals surface area (Å²) in [6, 6.07) is 12.3. The Bertz CT molecular complexity index is 1110. The molecule has 0 unspecified atom stereocenters. The first-order valence-corrected chi connectivity index (χ1v) is 9.26. The summed E-state index contributed by atoms with van der Waals surface area (Å²) in [6.45, 7) is 0.398. The number of aromatic nitrogens is 1. The van der Waals surface area contributed by atoms with Crippen LogP contribution < -0.4 is 9.64 Å². The molecule has 0 saturated heterocycles. The number of fused-ring (bicyclic) bond motifs is 1. The van der Waals surface area contributed by atoms with Crippen molar-refractivity contribution in [2.75, 3.05) is 11.4 Å². The monoisotopic (exact) mass is 397 g/mol. The molecule has 28 heavy (non-hydrogen) atoms. The second kappa shape index (κ2) is 7.37. The number of hydrogen-bond acceptors (Lipinski definition) is 5. The van der Waals surface area contributed by atoms with Crippen molar-refractivity contribution in [3.8, 4) is 11.3 Å². The van der Waals surface area contributed by atoms with E-state index in [1.54, 1.807) is 18.2 Å². The van der Waals surface area contributed by atoms with Gasteiger partial charge in [0.05, 0.1) is 23.0 Å². The van der Waals surface area contributed by atoms with Crippen molar-refractivity contribution in [2.24, 2.45) is 0 Å². The van der Waals surface area contributed by atoms with Crippen LogP contribution in [-0.2, 0) is 13.0 Å². The van der Waals surface area contributed by atoms with Gasteiger partial charge in [0.15, 0.2) is 0 Å². The van der Waals surface area contributed by atoms with E-state index in [1.807, 2.05) is 6.07 Å². The smallest absolute Gasteiger partial charge is 0.274 e. The fourth-order valence-electron chi connectivity index (χ4n) is 2.99. The van der Waals surface area contributed by atoms with E-state index in [9.17, 15) is 13.6 Å². The van der Waals surface area contributed by atoms with E-state index in [2.05, 4.69) is 11.1 Å². The number of thiazole rings is 1. The molecule has 4 rings (SSSR count). The number of rotatable bonds is 4. The molecule has 2 aromatic carbocycles. The number of benzene rings is 2. The third kappa shape index (κ3) is 3.32. The molecule has 0 aliphatic carbocycles. The number of amides is 1. The van der Waals surface area contributed by atoms with Crippen molar-refractivity contribution in [1.82, 2.24) is 4.98 Å². The van der Waals surface area contributed by atoms with Gasteiger partial charge in [-0.15, -0.1) is 0 Å². The zero-order valence-electron chi connectivity index (χ0n) is 14.5. The van der Waals surface area contributed by atoms with Crippen LogP contribution in [0.15, 0.2) is 42.5 Å². The van der Waals surface area contributed by atoms with Gasteiger partial charge in [0, 0.05) is 24.6 Å². The van der Waals surface area contributed by atoms with Gasteiger partial charge < -0.3 is 9.64 Å². The normalized spacial score (nSPS) is 13.2. The second-order valence-electron chi connectivity index (χ2n) is 6.12. The van der Waals surface area contributed by atoms with Crippen LogP contribution in [0.3, 0.4) is 0 Å². The number of anilines is 1. The summed E-state index contributed by atoms with van der Waals surface area (Å²) in [6.07, 6.45) is 0.437. The predicted octanol–water partition coefficient (Wildman–Crippen LogP) is 4.07. The third-order valence-electron chi connectivity index (χ3n) is 4.38. The van der Waals surface area contributed by atoms with Crippen molar-refractivity contribution in [3.05, 3.63) is 75.8 Å². The number of nitriles is 1. The van der Waals surface area contributed by atoms with Crippen molar-refractivity contribution < 1.29 is 18.3 Å². The van der Waals surface area contributed by atoms with Gasteiger partial charge in [0.2, 0.25) is 0 Å². The largest absolute Gasteiger partial charge is 0.465 e. The second-order valence-corrected chi connectivity index (χ2v) is 7.08. The van der Waals surface area contributed by atoms with Crippen molar-refractivity contribution >= 4 is 22.9 Å². The molecule has 1 aliphatic heterocycles. The van der Waals surface area contributed by atoms with Gasteiger partial charge in [-0.2, -0.15) is 5.26 Å². The van der Waals surface area contributed by atoms with Crippen LogP contribution in [0.5, 0.6) is 5.19 Å². The molecule has 140 valence electrons. The highest BCUT2D eigenvalue weighted by Crippen LogP contribution is 2.33. The fraction of sp³-hybridized carbons (Fsp3) is 0.150. The summed E-state index contributed by atoms with van der Waals surface area (Å²) < 4.78 is 32.9. The lowest BCUT2D eigenvalue weighted by Crippen LogP contribution is -2.37. The first-order valence-electron chi connectivity index (χ1n) is 8.44. The van der Waals surface area contributed by atoms with Crippen LogP contribution in [0.1, 0.15) is 26.5 Å². The SMILES string of the molecule is N#Cc1ccccc1COc1nc2c(s1)C(=O)N(c1ccc(F)cc1F)CC2. The molecule has 1 aliphatic rings. The van der Waals surface area contributed by atoms with Gasteiger partial charge in [0.1, 0.15) is 23.1 Å². The summed E-state index contributed by atoms with van der Waals surface area (Å²) in [5.74, 6) is -1.88. The summed E-state index contributed by atoms with van der Waals surface area (Å²) in [7, 11) is 0. The molecule has 0 radical (unpaired) electrons. The molecule has 0 fully saturated rings. The average molecular weight is 397 g/mol. The first-order chi connectivity index (χ1) is 13.6. The van der Waals surface area contributed by atoms with Crippen molar-refractivity contribution in [3.63, 3.8) is 0 Å². The molecule has 1 amide bonds. The molecular formula is C20H13F2N3O2S. The minimum absolute atomic E-state index is 0.0378. The van der Waals surface area contributed by atoms with Crippen LogP contribution in [0.2, 0.25) is 0 Å². The number of hydrogen-bond donors (Lipinski definition) is 0. The average Bonchev–Trinajstić information content (AvgIpc) is 3.12. The molecule has 0 bridgehead atoms. The Hall–Kier alpha value is -3.31. The predicted molar refractivity (Wildman–Crippen MR) is 99.3 cm³/mol. The van der Waals surface area contributed by atoms with E-state index < -0.39 is 17.5 Å². The minimum atomic E-state index is -0.786. The number of carbonyl (C=O) groups excluding carboxylic acids is 1. The summed E-state index contributed by atoms with van der Waals surface area (Å²) in [5.41, 5.74) is 1.87. The zero-order valence-corrected chi connectivity index (χ0v) is 15.3. The number of halogens is 2. The fourth-order valence-corrected chi connectivity index (χ4v) is 3.91. The van der Waals surface area contributed by atoms with Gasteiger partial charge in [-0.1, -0.05) is 29.5 Å². The Morgan fingerprint density at radius 1 is 1.25 bits per heavy atom. The Kier molecular flexibility index (Phi) is 4.75. The minimum Gasteiger partial charge on any atom is -0.465 e. The van der Waals surface area contributed by atoms with Gasteiger partial charge in [-0.05, 0) is 18.2 Å². The highest BCUT2D eigenvalue weighted by molar-refractivity contribution is 7.15. The molecule has 3 aromatic rings. The van der Waals surface area contributed by atoms with Gasteiger partial charge in [0.25, 0.3) is 11.1 Å². The van der Waals surface area contributed by atoms with Crippen LogP contribution in [0.25, 0.3) is 0 Å². The summed E-state index contributed by atoms with van der Waals surface area (Å²) in [5, 5.41) is 9.45. The molecule has 2 heterocycles. The molecule has 0 saturated carbocycles. The maximum atomic E-state index is 14.1. The molecule has 0 spiro atoms. The van der Waals surface area contributed by atoms with Crippen LogP contribution >= 0.6 is 11.3 Å². The molecule has 1 aromatic heterocycles. The molecule has 5 nitrogen and oxygen atoms in total. The maximum Gasteiger partial charge on any atom is 0.274 e. The molecule has 0 N–H and O–H groups in total. The van der Waals surface area contributed by atoms with E-state index >= 15 is 0 Å². The van der Waals surface area contributed by atoms with E-state index in [0.717, 1.165) is 29.0 Å². The van der Waals surface area contributed by atoms with E-state index in [-0.39, 0.29) is 18.8 Å². The van der Waals surface area contributed by atoms with E-state index in [0.29, 0.717) is 27.7 Å². The number of ether oxygens (including phenoxy) is 1. The van der Waals surface area contributed by atoms with E-state index in [4.69, 9.17) is 10.00 Å². The number of carbonyl (C=O) groups is 1. The quantitative estimate of drug-likeness (QED) is 0.666. The highest BCUT2D eigenvalue weighted by atomic mass is 32.1. The van der Waals surface area contributed by atoms with Gasteiger partial charge in [-0.3, -0.25) is 4.79 Å². The Morgan fingerprint density at radius 2 is 2.07 bits per heavy atom. The van der Waals surface area contributed by atoms with Gasteiger partial charge >= 0.3 is 0 Å². The number of nitrogens with zero attached hydrogens (tertiary/aromatic N) is 3. The molecular weight excluding hydrogens is 384 g/mol. The Labute approximate surface area is 163 Å². The maximum absolute atomic E-state index is 14.1. The van der Waals surface area contributed by atoms with Crippen LogP contribution in [0, 0.1) is 23.0 Å². The Morgan fingerprint density at radius 3 is 2.86 bits per heavy atom. The van der Waals surface area contributed by atoms with Gasteiger partial charge in [-0.25, -0.2) is 13.8 Å². The topological polar surface area (TPSA) is 66.2 Å². The lowest BCUT2D eigenvalue weighted by molar-refractivity contribution is 0.0983. The van der Waals surface area contributed by atoms with Crippen molar-refractivity contribution in [2.45, 2.75) is 13.0 Å².